The Labute approximate surface area is 120 Å². The first kappa shape index (κ1) is 12.9. The molecule has 100 valence electrons. The van der Waals surface area contributed by atoms with Gasteiger partial charge in [-0.05, 0) is 25.0 Å². The summed E-state index contributed by atoms with van der Waals surface area (Å²) in [7, 11) is 0. The molecule has 0 atom stereocenters. The summed E-state index contributed by atoms with van der Waals surface area (Å²) in [6.45, 7) is 0.152. The second-order valence-electron chi connectivity index (χ2n) is 5.23. The zero-order valence-corrected chi connectivity index (χ0v) is 12.2. The van der Waals surface area contributed by atoms with Crippen molar-refractivity contribution >= 4 is 15.9 Å². The summed E-state index contributed by atoms with van der Waals surface area (Å²) in [6, 6.07) is 9.93. The molecule has 0 spiro atoms. The molecule has 1 aliphatic carbocycles. The first-order chi connectivity index (χ1) is 9.23. The first-order valence-electron chi connectivity index (χ1n) is 6.57. The molecule has 1 aromatic heterocycles. The lowest BCUT2D eigenvalue weighted by Crippen LogP contribution is -2.27. The highest BCUT2D eigenvalue weighted by atomic mass is 79.9. The van der Waals surface area contributed by atoms with Crippen LogP contribution in [-0.4, -0.2) is 16.9 Å². The molecule has 3 nitrogen and oxygen atoms in total. The number of hydrogen-bond donors (Lipinski definition) is 1. The van der Waals surface area contributed by atoms with E-state index >= 15 is 0 Å². The van der Waals surface area contributed by atoms with Gasteiger partial charge in [0.2, 0.25) is 0 Å². The lowest BCUT2D eigenvalue weighted by Gasteiger charge is -2.22. The fraction of sp³-hybridized carbons (Fsp3) is 0.400. The van der Waals surface area contributed by atoms with Gasteiger partial charge < -0.3 is 9.63 Å². The molecule has 0 amide bonds. The van der Waals surface area contributed by atoms with Crippen molar-refractivity contribution in [3.8, 4) is 11.3 Å². The summed E-state index contributed by atoms with van der Waals surface area (Å²) in [5.74, 6) is 0.766. The minimum atomic E-state index is -0.183. The number of aliphatic hydroxyl groups excluding tert-OH is 1. The zero-order chi connectivity index (χ0) is 13.3. The standard InChI is InChI=1S/C15H16BrNO2/c16-12-5-3-11(4-6-12)13-9-14(17-19-13)15(10-18)7-1-2-8-15/h3-6,9,18H,1-2,7-8,10H2. The number of benzene rings is 1. The molecule has 0 bridgehead atoms. The van der Waals surface area contributed by atoms with Crippen molar-refractivity contribution in [2.45, 2.75) is 31.1 Å². The lowest BCUT2D eigenvalue weighted by atomic mass is 9.83. The summed E-state index contributed by atoms with van der Waals surface area (Å²) in [5.41, 5.74) is 1.72. The highest BCUT2D eigenvalue weighted by Crippen LogP contribution is 2.41. The van der Waals surface area contributed by atoms with Crippen LogP contribution in [0.15, 0.2) is 39.3 Å². The predicted molar refractivity (Wildman–Crippen MR) is 76.9 cm³/mol. The van der Waals surface area contributed by atoms with Crippen molar-refractivity contribution in [2.24, 2.45) is 0 Å². The van der Waals surface area contributed by atoms with Crippen LogP contribution in [0.5, 0.6) is 0 Å². The Morgan fingerprint density at radius 1 is 1.21 bits per heavy atom. The molecule has 1 aromatic carbocycles. The van der Waals surface area contributed by atoms with Crippen LogP contribution in [0.1, 0.15) is 31.4 Å². The molecule has 3 rings (SSSR count). The van der Waals surface area contributed by atoms with Crippen molar-refractivity contribution in [1.82, 2.24) is 5.16 Å². The maximum atomic E-state index is 9.70. The van der Waals surface area contributed by atoms with Gasteiger partial charge in [-0.1, -0.05) is 46.1 Å². The molecule has 1 fully saturated rings. The topological polar surface area (TPSA) is 46.3 Å². The van der Waals surface area contributed by atoms with Crippen LogP contribution >= 0.6 is 15.9 Å². The Bertz CT molecular complexity index is 556. The summed E-state index contributed by atoms with van der Waals surface area (Å²) in [5, 5.41) is 13.9. The van der Waals surface area contributed by atoms with Gasteiger partial charge in [0.25, 0.3) is 0 Å². The molecule has 0 unspecified atom stereocenters. The molecular formula is C15H16BrNO2. The van der Waals surface area contributed by atoms with Gasteiger partial charge in [-0.2, -0.15) is 0 Å². The van der Waals surface area contributed by atoms with E-state index in [0.717, 1.165) is 47.2 Å². The normalized spacial score (nSPS) is 17.8. The van der Waals surface area contributed by atoms with Gasteiger partial charge in [0.05, 0.1) is 12.3 Å². The maximum Gasteiger partial charge on any atom is 0.167 e. The van der Waals surface area contributed by atoms with E-state index in [4.69, 9.17) is 4.52 Å². The molecular weight excluding hydrogens is 306 g/mol. The fourth-order valence-corrected chi connectivity index (χ4v) is 3.09. The zero-order valence-electron chi connectivity index (χ0n) is 10.6. The molecule has 2 aromatic rings. The average Bonchev–Trinajstić information content (AvgIpc) is 3.09. The summed E-state index contributed by atoms with van der Waals surface area (Å²) in [4.78, 5) is 0. The van der Waals surface area contributed by atoms with Gasteiger partial charge in [0, 0.05) is 21.5 Å². The van der Waals surface area contributed by atoms with Crippen LogP contribution in [0.2, 0.25) is 0 Å². The van der Waals surface area contributed by atoms with Crippen molar-refractivity contribution in [2.75, 3.05) is 6.61 Å². The van der Waals surface area contributed by atoms with E-state index in [0.29, 0.717) is 0 Å². The Hall–Kier alpha value is -1.13. The number of hydrogen-bond acceptors (Lipinski definition) is 3. The summed E-state index contributed by atoms with van der Waals surface area (Å²) >= 11 is 3.42. The number of nitrogens with zero attached hydrogens (tertiary/aromatic N) is 1. The monoisotopic (exact) mass is 321 g/mol. The van der Waals surface area contributed by atoms with Crippen molar-refractivity contribution in [3.05, 3.63) is 40.5 Å². The van der Waals surface area contributed by atoms with E-state index < -0.39 is 0 Å². The molecule has 0 aliphatic heterocycles. The SMILES string of the molecule is OCC1(c2cc(-c3ccc(Br)cc3)on2)CCCC1. The highest BCUT2D eigenvalue weighted by Gasteiger charge is 2.37. The van der Waals surface area contributed by atoms with Crippen LogP contribution in [0.3, 0.4) is 0 Å². The van der Waals surface area contributed by atoms with E-state index in [9.17, 15) is 5.11 Å². The minimum absolute atomic E-state index is 0.152. The Balaban J connectivity index is 1.92. The first-order valence-corrected chi connectivity index (χ1v) is 7.37. The van der Waals surface area contributed by atoms with Crippen LogP contribution in [0.4, 0.5) is 0 Å². The Morgan fingerprint density at radius 3 is 2.53 bits per heavy atom. The van der Waals surface area contributed by atoms with Crippen LogP contribution in [0, 0.1) is 0 Å². The number of aromatic nitrogens is 1. The Morgan fingerprint density at radius 2 is 1.89 bits per heavy atom. The largest absolute Gasteiger partial charge is 0.395 e. The van der Waals surface area contributed by atoms with Gasteiger partial charge in [0.15, 0.2) is 5.76 Å². The fourth-order valence-electron chi connectivity index (χ4n) is 2.82. The van der Waals surface area contributed by atoms with Gasteiger partial charge in [-0.25, -0.2) is 0 Å². The molecule has 1 N–H and O–H groups in total. The van der Waals surface area contributed by atoms with Gasteiger partial charge in [-0.3, -0.25) is 0 Å². The highest BCUT2D eigenvalue weighted by molar-refractivity contribution is 9.10. The average molecular weight is 322 g/mol. The van der Waals surface area contributed by atoms with E-state index in [1.807, 2.05) is 30.3 Å². The lowest BCUT2D eigenvalue weighted by molar-refractivity contribution is 0.188. The maximum absolute atomic E-state index is 9.70. The number of rotatable bonds is 3. The molecule has 0 saturated heterocycles. The summed E-state index contributed by atoms with van der Waals surface area (Å²) < 4.78 is 6.49. The smallest absolute Gasteiger partial charge is 0.167 e. The minimum Gasteiger partial charge on any atom is -0.395 e. The number of aliphatic hydroxyl groups is 1. The third-order valence-corrected chi connectivity index (χ3v) is 4.57. The molecule has 1 heterocycles. The van der Waals surface area contributed by atoms with Crippen molar-refractivity contribution in [3.63, 3.8) is 0 Å². The third-order valence-electron chi connectivity index (χ3n) is 4.05. The van der Waals surface area contributed by atoms with Gasteiger partial charge in [0.1, 0.15) is 0 Å². The van der Waals surface area contributed by atoms with E-state index in [-0.39, 0.29) is 12.0 Å². The third kappa shape index (κ3) is 2.35. The molecule has 0 radical (unpaired) electrons. The summed E-state index contributed by atoms with van der Waals surface area (Å²) in [6.07, 6.45) is 4.30. The van der Waals surface area contributed by atoms with E-state index in [1.54, 1.807) is 0 Å². The van der Waals surface area contributed by atoms with Crippen molar-refractivity contribution < 1.29 is 9.63 Å². The molecule has 4 heteroatoms. The van der Waals surface area contributed by atoms with Crippen LogP contribution < -0.4 is 0 Å². The second-order valence-corrected chi connectivity index (χ2v) is 6.14. The van der Waals surface area contributed by atoms with Crippen molar-refractivity contribution in [1.29, 1.82) is 0 Å². The van der Waals surface area contributed by atoms with Crippen LogP contribution in [-0.2, 0) is 5.41 Å². The quantitative estimate of drug-likeness (QED) is 0.932. The predicted octanol–water partition coefficient (Wildman–Crippen LogP) is 3.91. The van der Waals surface area contributed by atoms with Gasteiger partial charge >= 0.3 is 0 Å². The molecule has 1 aliphatic rings. The van der Waals surface area contributed by atoms with Crippen LogP contribution in [0.25, 0.3) is 11.3 Å². The van der Waals surface area contributed by atoms with E-state index in [1.165, 1.54) is 0 Å². The van der Waals surface area contributed by atoms with Gasteiger partial charge in [-0.15, -0.1) is 0 Å². The Kier molecular flexibility index (Phi) is 3.46. The second kappa shape index (κ2) is 5.10. The van der Waals surface area contributed by atoms with E-state index in [2.05, 4.69) is 21.1 Å². The molecule has 1 saturated carbocycles. The molecule has 19 heavy (non-hydrogen) atoms. The number of halogens is 1.